The molecular formula is C10H10O2S. The minimum atomic E-state index is -0.902. The molecule has 0 aliphatic carbocycles. The molecule has 13 heavy (non-hydrogen) atoms. The van der Waals surface area contributed by atoms with Gasteiger partial charge in [-0.1, -0.05) is 19.2 Å². The number of rotatable bonds is 3. The molecule has 0 saturated heterocycles. The van der Waals surface area contributed by atoms with Crippen LogP contribution in [0, 0.1) is 0 Å². The zero-order valence-electron chi connectivity index (χ0n) is 7.33. The van der Waals surface area contributed by atoms with Crippen LogP contribution in [0.25, 0.3) is 11.6 Å². The van der Waals surface area contributed by atoms with Gasteiger partial charge in [0.15, 0.2) is 0 Å². The Morgan fingerprint density at radius 3 is 2.62 bits per heavy atom. The van der Waals surface area contributed by atoms with Crippen molar-refractivity contribution in [3.8, 4) is 0 Å². The van der Waals surface area contributed by atoms with Crippen molar-refractivity contribution in [1.82, 2.24) is 0 Å². The van der Waals surface area contributed by atoms with Gasteiger partial charge in [0.25, 0.3) is 0 Å². The highest BCUT2D eigenvalue weighted by atomic mass is 32.1. The number of carbonyl (C=O) groups is 1. The predicted octanol–water partition coefficient (Wildman–Crippen LogP) is 3.12. The first kappa shape index (κ1) is 9.74. The molecule has 0 radical (unpaired) electrons. The Morgan fingerprint density at radius 2 is 2.31 bits per heavy atom. The third kappa shape index (κ3) is 1.87. The Bertz CT molecular complexity index is 374. The summed E-state index contributed by atoms with van der Waals surface area (Å²) in [4.78, 5) is 11.9. The molecule has 0 aliphatic heterocycles. The Hall–Kier alpha value is -1.35. The number of aromatic carboxylic acids is 1. The van der Waals surface area contributed by atoms with Crippen LogP contribution < -0.4 is 0 Å². The van der Waals surface area contributed by atoms with E-state index >= 15 is 0 Å². The molecule has 0 amide bonds. The van der Waals surface area contributed by atoms with Crippen molar-refractivity contribution in [2.24, 2.45) is 0 Å². The number of hydrogen-bond donors (Lipinski definition) is 1. The molecular weight excluding hydrogens is 184 g/mol. The van der Waals surface area contributed by atoms with E-state index in [2.05, 4.69) is 13.2 Å². The van der Waals surface area contributed by atoms with Crippen LogP contribution in [0.2, 0.25) is 0 Å². The summed E-state index contributed by atoms with van der Waals surface area (Å²) in [6, 6.07) is 1.62. The van der Waals surface area contributed by atoms with Crippen molar-refractivity contribution < 1.29 is 9.90 Å². The van der Waals surface area contributed by atoms with Gasteiger partial charge >= 0.3 is 5.97 Å². The van der Waals surface area contributed by atoms with Gasteiger partial charge in [-0.2, -0.15) is 0 Å². The normalized spacial score (nSPS) is 9.62. The average molecular weight is 194 g/mol. The molecule has 0 aromatic carbocycles. The number of hydrogen-bond acceptors (Lipinski definition) is 2. The third-order valence-corrected chi connectivity index (χ3v) is 2.88. The summed E-state index contributed by atoms with van der Waals surface area (Å²) in [6.07, 6.45) is 1.65. The highest BCUT2D eigenvalue weighted by molar-refractivity contribution is 7.15. The Kier molecular flexibility index (Phi) is 2.68. The molecule has 68 valence electrons. The van der Waals surface area contributed by atoms with Crippen molar-refractivity contribution >= 4 is 29.0 Å². The van der Waals surface area contributed by atoms with Crippen molar-refractivity contribution in [2.45, 2.75) is 6.92 Å². The van der Waals surface area contributed by atoms with Crippen LogP contribution in [0.1, 0.15) is 27.0 Å². The van der Waals surface area contributed by atoms with E-state index in [1.54, 1.807) is 12.1 Å². The molecule has 0 bridgehead atoms. The summed E-state index contributed by atoms with van der Waals surface area (Å²) < 4.78 is 0. The standard InChI is InChI=1S/C10H10O2S/c1-4-7-5-8(10(11)12)13-9(7)6(2)3/h4-5H,1-2H2,3H3,(H,11,12). The second kappa shape index (κ2) is 3.58. The Balaban J connectivity index is 3.27. The molecule has 3 heteroatoms. The maximum absolute atomic E-state index is 10.7. The molecule has 0 spiro atoms. The van der Waals surface area contributed by atoms with Crippen molar-refractivity contribution in [1.29, 1.82) is 0 Å². The van der Waals surface area contributed by atoms with E-state index < -0.39 is 5.97 Å². The van der Waals surface area contributed by atoms with Gasteiger partial charge in [0, 0.05) is 4.88 Å². The maximum atomic E-state index is 10.7. The molecule has 1 aromatic rings. The summed E-state index contributed by atoms with van der Waals surface area (Å²) in [7, 11) is 0. The quantitative estimate of drug-likeness (QED) is 0.802. The topological polar surface area (TPSA) is 37.3 Å². The van der Waals surface area contributed by atoms with Gasteiger partial charge < -0.3 is 5.11 Å². The van der Waals surface area contributed by atoms with Gasteiger partial charge in [-0.25, -0.2) is 4.79 Å². The monoisotopic (exact) mass is 194 g/mol. The summed E-state index contributed by atoms with van der Waals surface area (Å²) in [5, 5.41) is 8.75. The van der Waals surface area contributed by atoms with Crippen LogP contribution in [0.5, 0.6) is 0 Å². The van der Waals surface area contributed by atoms with Gasteiger partial charge in [0.1, 0.15) is 4.88 Å². The molecule has 1 heterocycles. The largest absolute Gasteiger partial charge is 0.477 e. The van der Waals surface area contributed by atoms with Crippen LogP contribution in [0.3, 0.4) is 0 Å². The predicted molar refractivity (Wildman–Crippen MR) is 56.1 cm³/mol. The Morgan fingerprint density at radius 1 is 1.69 bits per heavy atom. The fourth-order valence-electron chi connectivity index (χ4n) is 0.996. The number of carboxylic acid groups (broad SMARTS) is 1. The number of allylic oxidation sites excluding steroid dienone is 1. The average Bonchev–Trinajstić information content (AvgIpc) is 2.47. The first-order valence-corrected chi connectivity index (χ1v) is 4.53. The van der Waals surface area contributed by atoms with E-state index in [1.807, 2.05) is 6.92 Å². The third-order valence-electron chi connectivity index (χ3n) is 1.58. The maximum Gasteiger partial charge on any atom is 0.345 e. The van der Waals surface area contributed by atoms with Crippen molar-refractivity contribution in [3.63, 3.8) is 0 Å². The van der Waals surface area contributed by atoms with Crippen molar-refractivity contribution in [2.75, 3.05) is 0 Å². The lowest BCUT2D eigenvalue weighted by molar-refractivity contribution is 0.0702. The lowest BCUT2D eigenvalue weighted by atomic mass is 10.1. The molecule has 0 saturated carbocycles. The van der Waals surface area contributed by atoms with Gasteiger partial charge in [-0.05, 0) is 24.1 Å². The van der Waals surface area contributed by atoms with Crippen LogP contribution in [0.4, 0.5) is 0 Å². The fraction of sp³-hybridized carbons (Fsp3) is 0.100. The first-order valence-electron chi connectivity index (χ1n) is 3.71. The van der Waals surface area contributed by atoms with E-state index in [1.165, 1.54) is 11.3 Å². The SMILES string of the molecule is C=Cc1cc(C(=O)O)sc1C(=C)C. The zero-order valence-corrected chi connectivity index (χ0v) is 8.15. The summed E-state index contributed by atoms with van der Waals surface area (Å²) in [6.45, 7) is 9.25. The van der Waals surface area contributed by atoms with Crippen LogP contribution in [0.15, 0.2) is 19.2 Å². The molecule has 0 atom stereocenters. The van der Waals surface area contributed by atoms with Gasteiger partial charge in [-0.15, -0.1) is 11.3 Å². The molecule has 1 rings (SSSR count). The number of carboxylic acids is 1. The molecule has 1 aromatic heterocycles. The summed E-state index contributed by atoms with van der Waals surface area (Å²) in [5.74, 6) is -0.902. The zero-order chi connectivity index (χ0) is 10.0. The fourth-order valence-corrected chi connectivity index (χ4v) is 1.92. The smallest absolute Gasteiger partial charge is 0.345 e. The minimum absolute atomic E-state index is 0.327. The summed E-state index contributed by atoms with van der Waals surface area (Å²) >= 11 is 1.23. The second-order valence-electron chi connectivity index (χ2n) is 2.68. The number of thiophene rings is 1. The Labute approximate surface area is 80.8 Å². The second-order valence-corrected chi connectivity index (χ2v) is 3.74. The van der Waals surface area contributed by atoms with E-state index in [9.17, 15) is 4.79 Å². The van der Waals surface area contributed by atoms with Gasteiger partial charge in [0.05, 0.1) is 0 Å². The minimum Gasteiger partial charge on any atom is -0.477 e. The van der Waals surface area contributed by atoms with E-state index in [0.29, 0.717) is 4.88 Å². The van der Waals surface area contributed by atoms with E-state index in [4.69, 9.17) is 5.11 Å². The summed E-state index contributed by atoms with van der Waals surface area (Å²) in [5.41, 5.74) is 1.71. The molecule has 1 N–H and O–H groups in total. The van der Waals surface area contributed by atoms with Crippen LogP contribution in [-0.4, -0.2) is 11.1 Å². The van der Waals surface area contributed by atoms with E-state index in [0.717, 1.165) is 16.0 Å². The lowest BCUT2D eigenvalue weighted by Crippen LogP contribution is -1.89. The highest BCUT2D eigenvalue weighted by Crippen LogP contribution is 2.28. The van der Waals surface area contributed by atoms with Gasteiger partial charge in [-0.3, -0.25) is 0 Å². The van der Waals surface area contributed by atoms with E-state index in [-0.39, 0.29) is 0 Å². The van der Waals surface area contributed by atoms with Crippen LogP contribution >= 0.6 is 11.3 Å². The molecule has 0 unspecified atom stereocenters. The molecule has 0 fully saturated rings. The first-order chi connectivity index (χ1) is 6.06. The van der Waals surface area contributed by atoms with Crippen LogP contribution in [-0.2, 0) is 0 Å². The molecule has 2 nitrogen and oxygen atoms in total. The van der Waals surface area contributed by atoms with Gasteiger partial charge in [0.2, 0.25) is 0 Å². The highest BCUT2D eigenvalue weighted by Gasteiger charge is 2.11. The van der Waals surface area contributed by atoms with Crippen molar-refractivity contribution in [3.05, 3.63) is 34.5 Å². The lowest BCUT2D eigenvalue weighted by Gasteiger charge is -1.94. The molecule has 0 aliphatic rings.